The molecule has 4 nitrogen and oxygen atoms in total. The van der Waals surface area contributed by atoms with E-state index >= 15 is 0 Å². The number of imidazole rings is 1. The molecule has 2 heterocycles. The van der Waals surface area contributed by atoms with Gasteiger partial charge in [-0.25, -0.2) is 9.78 Å². The maximum atomic E-state index is 11.1. The number of rotatable bonds is 2. The summed E-state index contributed by atoms with van der Waals surface area (Å²) in [5, 5.41) is 1.95. The van der Waals surface area contributed by atoms with Crippen LogP contribution in [0.15, 0.2) is 23.7 Å². The van der Waals surface area contributed by atoms with Crippen LogP contribution in [-0.4, -0.2) is 23.0 Å². The first-order valence-corrected chi connectivity index (χ1v) is 4.86. The van der Waals surface area contributed by atoms with E-state index in [9.17, 15) is 4.79 Å². The number of carbonyl (C=O) groups excluding carboxylic acids is 1. The molecule has 5 heteroatoms. The fourth-order valence-corrected chi connectivity index (χ4v) is 1.75. The Morgan fingerprint density at radius 3 is 3.14 bits per heavy atom. The number of thiophene rings is 1. The van der Waals surface area contributed by atoms with E-state index in [4.69, 9.17) is 0 Å². The summed E-state index contributed by atoms with van der Waals surface area (Å²) in [7, 11) is 1.34. The Morgan fingerprint density at radius 2 is 2.50 bits per heavy atom. The van der Waals surface area contributed by atoms with Crippen molar-refractivity contribution in [2.75, 3.05) is 7.11 Å². The Balaban J connectivity index is 2.31. The molecule has 0 aliphatic heterocycles. The van der Waals surface area contributed by atoms with Crippen molar-refractivity contribution in [3.05, 3.63) is 29.4 Å². The summed E-state index contributed by atoms with van der Waals surface area (Å²) in [6, 6.07) is 3.87. The Morgan fingerprint density at radius 1 is 1.64 bits per heavy atom. The topological polar surface area (TPSA) is 55.0 Å². The minimum atomic E-state index is -0.402. The maximum Gasteiger partial charge on any atom is 0.356 e. The van der Waals surface area contributed by atoms with Gasteiger partial charge in [0.05, 0.1) is 18.2 Å². The summed E-state index contributed by atoms with van der Waals surface area (Å²) < 4.78 is 4.56. The predicted octanol–water partition coefficient (Wildman–Crippen LogP) is 1.92. The Bertz CT molecular complexity index is 433. The lowest BCUT2D eigenvalue weighted by molar-refractivity contribution is 0.0595. The van der Waals surface area contributed by atoms with Gasteiger partial charge in [0, 0.05) is 0 Å². The van der Waals surface area contributed by atoms with E-state index in [1.807, 2.05) is 17.5 Å². The lowest BCUT2D eigenvalue weighted by atomic mass is 10.4. The van der Waals surface area contributed by atoms with E-state index in [0.717, 1.165) is 4.88 Å². The molecular formula is C9H8N2O2S. The van der Waals surface area contributed by atoms with Gasteiger partial charge < -0.3 is 9.72 Å². The third-order valence-electron chi connectivity index (χ3n) is 1.74. The highest BCUT2D eigenvalue weighted by atomic mass is 32.1. The summed E-state index contributed by atoms with van der Waals surface area (Å²) in [5.74, 6) is 0.292. The quantitative estimate of drug-likeness (QED) is 0.767. The molecule has 0 atom stereocenters. The van der Waals surface area contributed by atoms with Crippen molar-refractivity contribution in [1.29, 1.82) is 0 Å². The number of esters is 1. The highest BCUT2D eigenvalue weighted by Crippen LogP contribution is 2.21. The first kappa shape index (κ1) is 8.96. The van der Waals surface area contributed by atoms with Gasteiger partial charge >= 0.3 is 5.97 Å². The molecule has 0 aromatic carbocycles. The molecule has 0 spiro atoms. The van der Waals surface area contributed by atoms with Crippen molar-refractivity contribution in [1.82, 2.24) is 9.97 Å². The van der Waals surface area contributed by atoms with Gasteiger partial charge in [0.2, 0.25) is 0 Å². The van der Waals surface area contributed by atoms with E-state index in [1.165, 1.54) is 13.3 Å². The van der Waals surface area contributed by atoms with Gasteiger partial charge in [-0.3, -0.25) is 0 Å². The zero-order valence-corrected chi connectivity index (χ0v) is 8.30. The van der Waals surface area contributed by atoms with Crippen LogP contribution in [0.4, 0.5) is 0 Å². The zero-order chi connectivity index (χ0) is 9.97. The number of aromatic amines is 1. The van der Waals surface area contributed by atoms with Gasteiger partial charge in [0.15, 0.2) is 0 Å². The number of ether oxygens (including phenoxy) is 1. The Hall–Kier alpha value is -1.62. The fraction of sp³-hybridized carbons (Fsp3) is 0.111. The van der Waals surface area contributed by atoms with Crippen LogP contribution in [-0.2, 0) is 4.74 Å². The van der Waals surface area contributed by atoms with Crippen LogP contribution in [0.25, 0.3) is 10.7 Å². The van der Waals surface area contributed by atoms with Gasteiger partial charge in [0.25, 0.3) is 0 Å². The molecule has 0 amide bonds. The van der Waals surface area contributed by atoms with Crippen molar-refractivity contribution in [2.24, 2.45) is 0 Å². The van der Waals surface area contributed by atoms with Crippen LogP contribution >= 0.6 is 11.3 Å². The second kappa shape index (κ2) is 3.63. The lowest BCUT2D eigenvalue weighted by Gasteiger charge is -1.92. The summed E-state index contributed by atoms with van der Waals surface area (Å²) >= 11 is 1.56. The predicted molar refractivity (Wildman–Crippen MR) is 53.2 cm³/mol. The number of nitrogens with one attached hydrogen (secondary N) is 1. The molecule has 0 bridgehead atoms. The van der Waals surface area contributed by atoms with E-state index in [-0.39, 0.29) is 0 Å². The zero-order valence-electron chi connectivity index (χ0n) is 7.48. The number of nitrogens with zero attached hydrogens (tertiary/aromatic N) is 1. The van der Waals surface area contributed by atoms with Crippen molar-refractivity contribution in [2.45, 2.75) is 0 Å². The second-order valence-electron chi connectivity index (χ2n) is 2.61. The SMILES string of the molecule is COC(=O)c1cnc(-c2cccs2)[nH]1. The average Bonchev–Trinajstić information content (AvgIpc) is 2.86. The van der Waals surface area contributed by atoms with Gasteiger partial charge in [-0.1, -0.05) is 6.07 Å². The van der Waals surface area contributed by atoms with E-state index < -0.39 is 5.97 Å². The summed E-state index contributed by atoms with van der Waals surface area (Å²) in [6.07, 6.45) is 1.47. The van der Waals surface area contributed by atoms with E-state index in [0.29, 0.717) is 11.5 Å². The van der Waals surface area contributed by atoms with Crippen molar-refractivity contribution >= 4 is 17.3 Å². The molecule has 0 saturated heterocycles. The van der Waals surface area contributed by atoms with Crippen molar-refractivity contribution in [3.8, 4) is 10.7 Å². The molecule has 0 saturated carbocycles. The fourth-order valence-electron chi connectivity index (χ4n) is 1.07. The standard InChI is InChI=1S/C9H8N2O2S/c1-13-9(12)6-5-10-8(11-6)7-3-2-4-14-7/h2-5H,1H3,(H,10,11). The summed E-state index contributed by atoms with van der Waals surface area (Å²) in [4.78, 5) is 19.1. The Labute approximate surface area is 84.6 Å². The van der Waals surface area contributed by atoms with Crippen LogP contribution in [0.5, 0.6) is 0 Å². The molecule has 0 unspecified atom stereocenters. The highest BCUT2D eigenvalue weighted by Gasteiger charge is 2.10. The minimum Gasteiger partial charge on any atom is -0.464 e. The largest absolute Gasteiger partial charge is 0.464 e. The average molecular weight is 208 g/mol. The number of methoxy groups -OCH3 is 1. The van der Waals surface area contributed by atoms with E-state index in [1.54, 1.807) is 11.3 Å². The first-order valence-electron chi connectivity index (χ1n) is 3.98. The Kier molecular flexibility index (Phi) is 2.32. The van der Waals surface area contributed by atoms with Crippen LogP contribution in [0, 0.1) is 0 Å². The molecule has 2 aromatic rings. The first-order chi connectivity index (χ1) is 6.81. The molecular weight excluding hydrogens is 200 g/mol. The number of hydrogen-bond donors (Lipinski definition) is 1. The van der Waals surface area contributed by atoms with Gasteiger partial charge in [-0.2, -0.15) is 0 Å². The highest BCUT2D eigenvalue weighted by molar-refractivity contribution is 7.13. The van der Waals surface area contributed by atoms with Gasteiger partial charge in [-0.05, 0) is 11.4 Å². The van der Waals surface area contributed by atoms with Crippen LogP contribution in [0.2, 0.25) is 0 Å². The normalized spacial score (nSPS) is 10.1. The van der Waals surface area contributed by atoms with Crippen LogP contribution < -0.4 is 0 Å². The third kappa shape index (κ3) is 1.54. The molecule has 0 aliphatic rings. The number of H-pyrrole nitrogens is 1. The van der Waals surface area contributed by atoms with Crippen LogP contribution in [0.3, 0.4) is 0 Å². The molecule has 2 aromatic heterocycles. The molecule has 72 valence electrons. The molecule has 14 heavy (non-hydrogen) atoms. The van der Waals surface area contributed by atoms with Crippen molar-refractivity contribution < 1.29 is 9.53 Å². The maximum absolute atomic E-state index is 11.1. The van der Waals surface area contributed by atoms with Crippen LogP contribution in [0.1, 0.15) is 10.5 Å². The van der Waals surface area contributed by atoms with E-state index in [2.05, 4.69) is 14.7 Å². The smallest absolute Gasteiger partial charge is 0.356 e. The lowest BCUT2D eigenvalue weighted by Crippen LogP contribution is -2.00. The van der Waals surface area contributed by atoms with Crippen molar-refractivity contribution in [3.63, 3.8) is 0 Å². The molecule has 0 fully saturated rings. The number of aromatic nitrogens is 2. The molecule has 2 rings (SSSR count). The summed E-state index contributed by atoms with van der Waals surface area (Å²) in [6.45, 7) is 0. The monoisotopic (exact) mass is 208 g/mol. The third-order valence-corrected chi connectivity index (χ3v) is 2.61. The molecule has 0 radical (unpaired) electrons. The molecule has 1 N–H and O–H groups in total. The minimum absolute atomic E-state index is 0.371. The summed E-state index contributed by atoms with van der Waals surface area (Å²) in [5.41, 5.74) is 0.371. The van der Waals surface area contributed by atoms with Gasteiger partial charge in [-0.15, -0.1) is 11.3 Å². The number of carbonyl (C=O) groups is 1. The van der Waals surface area contributed by atoms with Gasteiger partial charge in [0.1, 0.15) is 11.5 Å². The second-order valence-corrected chi connectivity index (χ2v) is 3.56. The molecule has 0 aliphatic carbocycles. The number of hydrogen-bond acceptors (Lipinski definition) is 4.